The summed E-state index contributed by atoms with van der Waals surface area (Å²) in [5.41, 5.74) is 2.29. The van der Waals surface area contributed by atoms with Gasteiger partial charge in [-0.05, 0) is 25.0 Å². The van der Waals surface area contributed by atoms with E-state index in [1.165, 1.54) is 5.56 Å². The van der Waals surface area contributed by atoms with Crippen LogP contribution in [0.4, 0.5) is 5.69 Å². The molecule has 0 radical (unpaired) electrons. The number of carbonyl (C=O) groups excluding carboxylic acids is 1. The van der Waals surface area contributed by atoms with E-state index >= 15 is 0 Å². The molecule has 1 aromatic rings. The second-order valence-electron chi connectivity index (χ2n) is 5.86. The topological polar surface area (TPSA) is 53.0 Å². The van der Waals surface area contributed by atoms with E-state index in [0.717, 1.165) is 18.7 Å². The van der Waals surface area contributed by atoms with Crippen molar-refractivity contribution in [2.24, 2.45) is 0 Å². The van der Waals surface area contributed by atoms with Gasteiger partial charge >= 0.3 is 0 Å². The smallest absolute Gasteiger partial charge is 0.241 e. The molecule has 3 rings (SSSR count). The number of hydrogen-bond acceptors (Lipinski definition) is 4. The van der Waals surface area contributed by atoms with Crippen LogP contribution >= 0.6 is 0 Å². The minimum atomic E-state index is -0.171. The number of fused-ring (bicyclic) bond motifs is 1. The number of para-hydroxylation sites is 1. The Morgan fingerprint density at radius 2 is 2.24 bits per heavy atom. The minimum Gasteiger partial charge on any atom is -0.394 e. The fraction of sp³-hybridized carbons (Fsp3) is 0.562. The van der Waals surface area contributed by atoms with Crippen molar-refractivity contribution >= 4 is 11.6 Å². The van der Waals surface area contributed by atoms with Gasteiger partial charge < -0.3 is 14.7 Å². The van der Waals surface area contributed by atoms with Crippen molar-refractivity contribution in [2.75, 3.05) is 37.7 Å². The fourth-order valence-electron chi connectivity index (χ4n) is 3.25. The summed E-state index contributed by atoms with van der Waals surface area (Å²) < 4.78 is 5.43. The van der Waals surface area contributed by atoms with Gasteiger partial charge in [-0.25, -0.2) is 0 Å². The van der Waals surface area contributed by atoms with Gasteiger partial charge in [0, 0.05) is 24.8 Å². The van der Waals surface area contributed by atoms with Gasteiger partial charge in [0.15, 0.2) is 0 Å². The van der Waals surface area contributed by atoms with Gasteiger partial charge in [-0.1, -0.05) is 18.2 Å². The Morgan fingerprint density at radius 1 is 1.43 bits per heavy atom. The van der Waals surface area contributed by atoms with E-state index in [0.29, 0.717) is 19.7 Å². The molecule has 0 unspecified atom stereocenters. The number of benzene rings is 1. The van der Waals surface area contributed by atoms with Gasteiger partial charge in [-0.15, -0.1) is 0 Å². The van der Waals surface area contributed by atoms with Crippen LogP contribution in [0.1, 0.15) is 12.5 Å². The summed E-state index contributed by atoms with van der Waals surface area (Å²) in [6.45, 7) is 4.42. The SMILES string of the molecule is C[C@@H]1Cc2ccccc2N1C(=O)CN1CCO[C@@H](CO)C1. The number of rotatable bonds is 3. The number of aliphatic hydroxyl groups is 1. The lowest BCUT2D eigenvalue weighted by Gasteiger charge is -2.33. The number of hydrogen-bond donors (Lipinski definition) is 1. The summed E-state index contributed by atoms with van der Waals surface area (Å²) in [5.74, 6) is 0.131. The van der Waals surface area contributed by atoms with E-state index in [2.05, 4.69) is 17.9 Å². The number of aliphatic hydroxyl groups excluding tert-OH is 1. The number of nitrogens with zero attached hydrogens (tertiary/aromatic N) is 2. The van der Waals surface area contributed by atoms with Crippen molar-refractivity contribution in [2.45, 2.75) is 25.5 Å². The lowest BCUT2D eigenvalue weighted by Crippen LogP contribution is -2.49. The van der Waals surface area contributed by atoms with Crippen molar-refractivity contribution in [3.05, 3.63) is 29.8 Å². The molecule has 1 aromatic carbocycles. The molecule has 21 heavy (non-hydrogen) atoms. The Kier molecular flexibility index (Phi) is 4.24. The number of amides is 1. The van der Waals surface area contributed by atoms with Crippen molar-refractivity contribution in [1.29, 1.82) is 0 Å². The van der Waals surface area contributed by atoms with Crippen molar-refractivity contribution in [3.63, 3.8) is 0 Å². The third kappa shape index (κ3) is 2.95. The summed E-state index contributed by atoms with van der Waals surface area (Å²) >= 11 is 0. The van der Waals surface area contributed by atoms with Crippen LogP contribution in [-0.2, 0) is 16.0 Å². The highest BCUT2D eigenvalue weighted by molar-refractivity contribution is 5.97. The van der Waals surface area contributed by atoms with Gasteiger partial charge in [0.2, 0.25) is 5.91 Å². The van der Waals surface area contributed by atoms with E-state index in [4.69, 9.17) is 4.74 Å². The van der Waals surface area contributed by atoms with Crippen LogP contribution in [0.2, 0.25) is 0 Å². The zero-order chi connectivity index (χ0) is 14.8. The molecular formula is C16H22N2O3. The Bertz CT molecular complexity index is 520. The Hall–Kier alpha value is -1.43. The monoisotopic (exact) mass is 290 g/mol. The average Bonchev–Trinajstić information content (AvgIpc) is 2.83. The zero-order valence-electron chi connectivity index (χ0n) is 12.4. The van der Waals surface area contributed by atoms with Crippen LogP contribution in [0.25, 0.3) is 0 Å². The van der Waals surface area contributed by atoms with E-state index in [-0.39, 0.29) is 24.7 Å². The molecule has 5 heteroatoms. The number of morpholine rings is 1. The van der Waals surface area contributed by atoms with Crippen molar-refractivity contribution < 1.29 is 14.6 Å². The summed E-state index contributed by atoms with van der Waals surface area (Å²) in [7, 11) is 0. The van der Waals surface area contributed by atoms with Crippen LogP contribution < -0.4 is 4.90 Å². The van der Waals surface area contributed by atoms with Crippen LogP contribution in [0, 0.1) is 0 Å². The normalized spacial score (nSPS) is 25.9. The summed E-state index contributed by atoms with van der Waals surface area (Å²) in [6.07, 6.45) is 0.749. The lowest BCUT2D eigenvalue weighted by atomic mass is 10.1. The third-order valence-corrected chi connectivity index (χ3v) is 4.26. The molecule has 0 aromatic heterocycles. The second kappa shape index (κ2) is 6.13. The summed E-state index contributed by atoms with van der Waals surface area (Å²) in [6, 6.07) is 8.33. The summed E-state index contributed by atoms with van der Waals surface area (Å²) in [5, 5.41) is 9.18. The standard InChI is InChI=1S/C16H22N2O3/c1-12-8-13-4-2-3-5-15(13)18(12)16(20)10-17-6-7-21-14(9-17)11-19/h2-5,12,14,19H,6-11H2,1H3/t12-,14-/m1/s1. The largest absolute Gasteiger partial charge is 0.394 e. The molecule has 2 aliphatic heterocycles. The van der Waals surface area contributed by atoms with Gasteiger partial charge in [0.1, 0.15) is 0 Å². The Balaban J connectivity index is 1.68. The van der Waals surface area contributed by atoms with Crippen LogP contribution in [-0.4, -0.2) is 60.9 Å². The van der Waals surface area contributed by atoms with Gasteiger partial charge in [-0.2, -0.15) is 0 Å². The molecule has 1 fully saturated rings. The maximum atomic E-state index is 12.7. The molecule has 2 heterocycles. The van der Waals surface area contributed by atoms with Crippen molar-refractivity contribution in [3.8, 4) is 0 Å². The zero-order valence-corrected chi connectivity index (χ0v) is 12.4. The molecule has 2 aliphatic rings. The first-order chi connectivity index (χ1) is 10.2. The molecule has 1 saturated heterocycles. The van der Waals surface area contributed by atoms with E-state index in [1.807, 2.05) is 23.1 Å². The molecule has 1 amide bonds. The van der Waals surface area contributed by atoms with Gasteiger partial charge in [0.05, 0.1) is 25.9 Å². The molecule has 114 valence electrons. The molecular weight excluding hydrogens is 268 g/mol. The molecule has 0 bridgehead atoms. The van der Waals surface area contributed by atoms with E-state index < -0.39 is 0 Å². The third-order valence-electron chi connectivity index (χ3n) is 4.26. The molecule has 0 saturated carbocycles. The first kappa shape index (κ1) is 14.5. The van der Waals surface area contributed by atoms with Crippen LogP contribution in [0.5, 0.6) is 0 Å². The first-order valence-electron chi connectivity index (χ1n) is 7.54. The molecule has 2 atom stereocenters. The molecule has 0 spiro atoms. The Labute approximate surface area is 125 Å². The fourth-order valence-corrected chi connectivity index (χ4v) is 3.25. The number of anilines is 1. The van der Waals surface area contributed by atoms with E-state index in [9.17, 15) is 9.90 Å². The van der Waals surface area contributed by atoms with Gasteiger partial charge in [-0.3, -0.25) is 9.69 Å². The maximum absolute atomic E-state index is 12.7. The maximum Gasteiger partial charge on any atom is 0.241 e. The van der Waals surface area contributed by atoms with E-state index in [1.54, 1.807) is 0 Å². The average molecular weight is 290 g/mol. The predicted octanol–water partition coefficient (Wildman–Crippen LogP) is 0.657. The molecule has 5 nitrogen and oxygen atoms in total. The van der Waals surface area contributed by atoms with Gasteiger partial charge in [0.25, 0.3) is 0 Å². The molecule has 0 aliphatic carbocycles. The summed E-state index contributed by atoms with van der Waals surface area (Å²) in [4.78, 5) is 16.6. The lowest BCUT2D eigenvalue weighted by molar-refractivity contribution is -0.122. The predicted molar refractivity (Wildman–Crippen MR) is 80.4 cm³/mol. The number of ether oxygens (including phenoxy) is 1. The van der Waals surface area contributed by atoms with Crippen molar-refractivity contribution in [1.82, 2.24) is 4.90 Å². The highest BCUT2D eigenvalue weighted by Gasteiger charge is 2.32. The highest BCUT2D eigenvalue weighted by atomic mass is 16.5. The molecule has 1 N–H and O–H groups in total. The highest BCUT2D eigenvalue weighted by Crippen LogP contribution is 2.31. The quantitative estimate of drug-likeness (QED) is 0.888. The minimum absolute atomic E-state index is 0.00758. The second-order valence-corrected chi connectivity index (χ2v) is 5.86. The van der Waals surface area contributed by atoms with Crippen LogP contribution in [0.3, 0.4) is 0 Å². The number of carbonyl (C=O) groups is 1. The first-order valence-corrected chi connectivity index (χ1v) is 7.54. The van der Waals surface area contributed by atoms with Crippen LogP contribution in [0.15, 0.2) is 24.3 Å². The Morgan fingerprint density at radius 3 is 3.05 bits per heavy atom.